The van der Waals surface area contributed by atoms with Crippen LogP contribution in [0.25, 0.3) is 0 Å². The molecule has 1 spiro atoms. The smallest absolute Gasteiger partial charge is 0.152 e. The molecule has 2 fully saturated rings. The molecule has 3 heteroatoms. The lowest BCUT2D eigenvalue weighted by atomic mass is 9.77. The van der Waals surface area contributed by atoms with Gasteiger partial charge >= 0.3 is 0 Å². The Labute approximate surface area is 123 Å². The second-order valence-corrected chi connectivity index (χ2v) is 6.93. The first kappa shape index (κ1) is 13.2. The maximum atomic E-state index is 11.2. The van der Waals surface area contributed by atoms with Crippen LogP contribution in [-0.2, 0) is 0 Å². The number of benzene rings is 1. The third kappa shape index (κ3) is 2.58. The van der Waals surface area contributed by atoms with Gasteiger partial charge in [0.25, 0.3) is 0 Å². The highest BCUT2D eigenvalue weighted by molar-refractivity contribution is 9.10. The number of anilines is 1. The van der Waals surface area contributed by atoms with Crippen molar-refractivity contribution in [1.29, 1.82) is 0 Å². The molecule has 0 N–H and O–H groups in total. The van der Waals surface area contributed by atoms with E-state index in [2.05, 4.69) is 26.9 Å². The highest BCUT2D eigenvalue weighted by Crippen LogP contribution is 2.46. The minimum atomic E-state index is 0.632. The van der Waals surface area contributed by atoms with Crippen molar-refractivity contribution in [2.75, 3.05) is 18.0 Å². The molecule has 1 aromatic carbocycles. The van der Waals surface area contributed by atoms with Crippen molar-refractivity contribution in [2.45, 2.75) is 38.5 Å². The lowest BCUT2D eigenvalue weighted by Crippen LogP contribution is -2.39. The van der Waals surface area contributed by atoms with Crippen molar-refractivity contribution in [3.8, 4) is 0 Å². The number of halogens is 1. The molecule has 2 nitrogen and oxygen atoms in total. The molecule has 2 aliphatic rings. The van der Waals surface area contributed by atoms with Crippen LogP contribution in [-0.4, -0.2) is 19.4 Å². The number of carbonyl (C=O) groups excluding carboxylic acids is 1. The first-order valence-electron chi connectivity index (χ1n) is 7.22. The van der Waals surface area contributed by atoms with Gasteiger partial charge in [-0.25, -0.2) is 0 Å². The summed E-state index contributed by atoms with van der Waals surface area (Å²) in [6.07, 6.45) is 9.22. The molecule has 1 aliphatic heterocycles. The van der Waals surface area contributed by atoms with Crippen LogP contribution in [0.1, 0.15) is 48.9 Å². The zero-order valence-electron chi connectivity index (χ0n) is 11.2. The summed E-state index contributed by atoms with van der Waals surface area (Å²) in [6.45, 7) is 2.20. The summed E-state index contributed by atoms with van der Waals surface area (Å²) in [4.78, 5) is 13.6. The quantitative estimate of drug-likeness (QED) is 0.751. The number of nitrogens with zero attached hydrogens (tertiary/aromatic N) is 1. The minimum Gasteiger partial charge on any atom is -0.371 e. The van der Waals surface area contributed by atoms with Crippen molar-refractivity contribution >= 4 is 27.9 Å². The molecule has 0 unspecified atom stereocenters. The Morgan fingerprint density at radius 2 is 1.79 bits per heavy atom. The highest BCUT2D eigenvalue weighted by atomic mass is 79.9. The van der Waals surface area contributed by atoms with Crippen LogP contribution in [0.3, 0.4) is 0 Å². The third-order valence-corrected chi connectivity index (χ3v) is 5.44. The van der Waals surface area contributed by atoms with E-state index >= 15 is 0 Å². The number of piperidine rings is 1. The van der Waals surface area contributed by atoms with E-state index in [1.54, 1.807) is 0 Å². The van der Waals surface area contributed by atoms with Gasteiger partial charge in [-0.1, -0.05) is 28.8 Å². The summed E-state index contributed by atoms with van der Waals surface area (Å²) in [5.74, 6) is 0. The fourth-order valence-corrected chi connectivity index (χ4v) is 4.13. The summed E-state index contributed by atoms with van der Waals surface area (Å²) >= 11 is 3.43. The lowest BCUT2D eigenvalue weighted by Gasteiger charge is -2.40. The SMILES string of the molecule is O=Cc1cc(Br)ccc1N1CCC2(CCCC2)CC1. The van der Waals surface area contributed by atoms with Crippen molar-refractivity contribution in [2.24, 2.45) is 5.41 Å². The largest absolute Gasteiger partial charge is 0.371 e. The van der Waals surface area contributed by atoms with Crippen molar-refractivity contribution in [1.82, 2.24) is 0 Å². The minimum absolute atomic E-state index is 0.632. The van der Waals surface area contributed by atoms with Crippen LogP contribution in [0, 0.1) is 5.41 Å². The van der Waals surface area contributed by atoms with Gasteiger partial charge in [0.15, 0.2) is 6.29 Å². The van der Waals surface area contributed by atoms with Crippen molar-refractivity contribution in [3.05, 3.63) is 28.2 Å². The van der Waals surface area contributed by atoms with Gasteiger partial charge in [-0.2, -0.15) is 0 Å². The van der Waals surface area contributed by atoms with Gasteiger partial charge in [0.05, 0.1) is 0 Å². The second kappa shape index (κ2) is 5.28. The van der Waals surface area contributed by atoms with Crippen LogP contribution < -0.4 is 4.90 Å². The molecule has 1 heterocycles. The molecular formula is C16H20BrNO. The number of carbonyl (C=O) groups is 1. The van der Waals surface area contributed by atoms with Crippen LogP contribution in [0.2, 0.25) is 0 Å². The molecule has 1 aromatic rings. The summed E-state index contributed by atoms with van der Waals surface area (Å²) in [6, 6.07) is 6.02. The van der Waals surface area contributed by atoms with E-state index in [0.717, 1.165) is 35.1 Å². The zero-order chi connectivity index (χ0) is 13.3. The van der Waals surface area contributed by atoms with Gasteiger partial charge in [-0.15, -0.1) is 0 Å². The van der Waals surface area contributed by atoms with Gasteiger partial charge in [0.1, 0.15) is 0 Å². The molecule has 1 aliphatic carbocycles. The maximum Gasteiger partial charge on any atom is 0.152 e. The lowest BCUT2D eigenvalue weighted by molar-refractivity contribution is 0.112. The summed E-state index contributed by atoms with van der Waals surface area (Å²) < 4.78 is 0.975. The fourth-order valence-electron chi connectivity index (χ4n) is 3.75. The molecule has 0 amide bonds. The Balaban J connectivity index is 1.76. The van der Waals surface area contributed by atoms with Gasteiger partial charge in [-0.3, -0.25) is 4.79 Å². The van der Waals surface area contributed by atoms with Gasteiger partial charge in [-0.05, 0) is 49.3 Å². The molecule has 19 heavy (non-hydrogen) atoms. The van der Waals surface area contributed by atoms with E-state index in [-0.39, 0.29) is 0 Å². The van der Waals surface area contributed by atoms with Crippen LogP contribution in [0.4, 0.5) is 5.69 Å². The normalized spacial score (nSPS) is 21.8. The zero-order valence-corrected chi connectivity index (χ0v) is 12.8. The van der Waals surface area contributed by atoms with E-state index in [4.69, 9.17) is 0 Å². The average molecular weight is 322 g/mol. The molecule has 3 rings (SSSR count). The van der Waals surface area contributed by atoms with Crippen LogP contribution >= 0.6 is 15.9 Å². The Bertz CT molecular complexity index is 470. The first-order valence-corrected chi connectivity index (χ1v) is 8.01. The third-order valence-electron chi connectivity index (χ3n) is 4.95. The topological polar surface area (TPSA) is 20.3 Å². The molecule has 1 saturated heterocycles. The van der Waals surface area contributed by atoms with E-state index in [9.17, 15) is 4.79 Å². The maximum absolute atomic E-state index is 11.2. The van der Waals surface area contributed by atoms with E-state index in [1.807, 2.05) is 12.1 Å². The van der Waals surface area contributed by atoms with Crippen LogP contribution in [0.5, 0.6) is 0 Å². The molecule has 102 valence electrons. The monoisotopic (exact) mass is 321 g/mol. The van der Waals surface area contributed by atoms with Gasteiger partial charge < -0.3 is 4.90 Å². The molecular weight excluding hydrogens is 302 g/mol. The molecule has 0 radical (unpaired) electrons. The fraction of sp³-hybridized carbons (Fsp3) is 0.562. The van der Waals surface area contributed by atoms with Crippen molar-refractivity contribution < 1.29 is 4.79 Å². The molecule has 0 aromatic heterocycles. The average Bonchev–Trinajstić information content (AvgIpc) is 2.88. The number of hydrogen-bond acceptors (Lipinski definition) is 2. The van der Waals surface area contributed by atoms with E-state index in [0.29, 0.717) is 5.41 Å². The Kier molecular flexibility index (Phi) is 3.66. The van der Waals surface area contributed by atoms with Gasteiger partial charge in [0, 0.05) is 28.8 Å². The summed E-state index contributed by atoms with van der Waals surface area (Å²) in [5.41, 5.74) is 2.54. The number of hydrogen-bond donors (Lipinski definition) is 0. The predicted octanol–water partition coefficient (Wildman–Crippen LogP) is 4.42. The summed E-state index contributed by atoms with van der Waals surface area (Å²) in [7, 11) is 0. The molecule has 0 atom stereocenters. The number of aldehydes is 1. The number of rotatable bonds is 2. The Morgan fingerprint density at radius 1 is 1.11 bits per heavy atom. The summed E-state index contributed by atoms with van der Waals surface area (Å²) in [5, 5.41) is 0. The van der Waals surface area contributed by atoms with Crippen molar-refractivity contribution in [3.63, 3.8) is 0 Å². The Hall–Kier alpha value is -0.830. The van der Waals surface area contributed by atoms with E-state index in [1.165, 1.54) is 38.5 Å². The van der Waals surface area contributed by atoms with Gasteiger partial charge in [0.2, 0.25) is 0 Å². The standard InChI is InChI=1S/C16H20BrNO/c17-14-3-4-15(13(11-14)12-19)18-9-7-16(8-10-18)5-1-2-6-16/h3-4,11-12H,1-2,5-10H2. The second-order valence-electron chi connectivity index (χ2n) is 6.02. The highest BCUT2D eigenvalue weighted by Gasteiger charge is 2.37. The molecule has 0 bridgehead atoms. The Morgan fingerprint density at radius 3 is 2.42 bits per heavy atom. The van der Waals surface area contributed by atoms with Crippen LogP contribution in [0.15, 0.2) is 22.7 Å². The predicted molar refractivity (Wildman–Crippen MR) is 81.9 cm³/mol. The first-order chi connectivity index (χ1) is 9.22. The molecule has 1 saturated carbocycles. The van der Waals surface area contributed by atoms with E-state index < -0.39 is 0 Å².